The van der Waals surface area contributed by atoms with E-state index in [-0.39, 0.29) is 18.2 Å². The van der Waals surface area contributed by atoms with Crippen LogP contribution in [-0.4, -0.2) is 56.5 Å². The molecule has 0 radical (unpaired) electrons. The first-order valence-corrected chi connectivity index (χ1v) is 7.71. The summed E-state index contributed by atoms with van der Waals surface area (Å²) >= 11 is 0. The van der Waals surface area contributed by atoms with Gasteiger partial charge in [0.2, 0.25) is 0 Å². The molecule has 2 heterocycles. The summed E-state index contributed by atoms with van der Waals surface area (Å²) in [7, 11) is 1.76. The van der Waals surface area contributed by atoms with Gasteiger partial charge in [-0.05, 0) is 25.0 Å². The Morgan fingerprint density at radius 2 is 2.14 bits per heavy atom. The van der Waals surface area contributed by atoms with E-state index in [0.717, 1.165) is 30.9 Å². The fourth-order valence-electron chi connectivity index (χ4n) is 2.68. The van der Waals surface area contributed by atoms with Crippen LogP contribution in [0.1, 0.15) is 12.8 Å². The molecule has 0 aliphatic carbocycles. The Morgan fingerprint density at radius 3 is 2.91 bits per heavy atom. The Labute approximate surface area is 130 Å². The second kappa shape index (κ2) is 6.87. The van der Waals surface area contributed by atoms with E-state index in [1.54, 1.807) is 11.9 Å². The minimum atomic E-state index is -0.159. The molecule has 120 valence electrons. The van der Waals surface area contributed by atoms with Crippen LogP contribution in [0, 0.1) is 0 Å². The van der Waals surface area contributed by atoms with Crippen LogP contribution >= 0.6 is 0 Å². The number of nitrogens with zero attached hydrogens (tertiary/aromatic N) is 1. The summed E-state index contributed by atoms with van der Waals surface area (Å²) in [4.78, 5) is 13.7. The van der Waals surface area contributed by atoms with Gasteiger partial charge in [0.1, 0.15) is 6.61 Å². The van der Waals surface area contributed by atoms with E-state index < -0.39 is 0 Å². The highest BCUT2D eigenvalue weighted by atomic mass is 16.6. The van der Waals surface area contributed by atoms with Gasteiger partial charge in [-0.15, -0.1) is 0 Å². The lowest BCUT2D eigenvalue weighted by Crippen LogP contribution is -2.46. The molecule has 0 spiro atoms. The third-order valence-electron chi connectivity index (χ3n) is 3.90. The lowest BCUT2D eigenvalue weighted by atomic mass is 10.2. The molecule has 22 heavy (non-hydrogen) atoms. The average Bonchev–Trinajstić information content (AvgIpc) is 3.06. The quantitative estimate of drug-likeness (QED) is 0.919. The lowest BCUT2D eigenvalue weighted by molar-refractivity contribution is 0.0702. The van der Waals surface area contributed by atoms with Crippen LogP contribution in [0.5, 0.6) is 11.5 Å². The van der Waals surface area contributed by atoms with E-state index in [1.165, 1.54) is 0 Å². The predicted octanol–water partition coefficient (Wildman–Crippen LogP) is 1.65. The van der Waals surface area contributed by atoms with E-state index >= 15 is 0 Å². The topological polar surface area (TPSA) is 60.0 Å². The largest absolute Gasteiger partial charge is 0.486 e. The van der Waals surface area contributed by atoms with E-state index in [0.29, 0.717) is 19.7 Å². The van der Waals surface area contributed by atoms with E-state index in [1.807, 2.05) is 24.3 Å². The van der Waals surface area contributed by atoms with Crippen molar-refractivity contribution in [2.45, 2.75) is 25.0 Å². The minimum absolute atomic E-state index is 0.113. The van der Waals surface area contributed by atoms with Crippen molar-refractivity contribution >= 4 is 6.03 Å². The summed E-state index contributed by atoms with van der Waals surface area (Å²) in [5, 5.41) is 2.90. The standard InChI is InChI=1S/C16H22N2O4/c1-18(16(19)17-9-12-5-4-8-20-12)10-13-11-21-14-6-2-3-7-15(14)22-13/h2-3,6-7,12-13H,4-5,8-11H2,1H3,(H,17,19). The number of nitrogens with one attached hydrogen (secondary N) is 1. The highest BCUT2D eigenvalue weighted by molar-refractivity contribution is 5.73. The van der Waals surface area contributed by atoms with Crippen LogP contribution < -0.4 is 14.8 Å². The maximum absolute atomic E-state index is 12.1. The Bertz CT molecular complexity index is 517. The molecular formula is C16H22N2O4. The number of para-hydroxylation sites is 2. The molecular weight excluding hydrogens is 284 g/mol. The van der Waals surface area contributed by atoms with Gasteiger partial charge >= 0.3 is 6.03 Å². The molecule has 2 aliphatic heterocycles. The molecule has 1 fully saturated rings. The van der Waals surface area contributed by atoms with Gasteiger partial charge in [0, 0.05) is 20.2 Å². The number of carbonyl (C=O) groups is 1. The van der Waals surface area contributed by atoms with Crippen LogP contribution in [0.25, 0.3) is 0 Å². The average molecular weight is 306 g/mol. The number of fused-ring (bicyclic) bond motifs is 1. The summed E-state index contributed by atoms with van der Waals surface area (Å²) in [6.45, 7) is 2.28. The maximum Gasteiger partial charge on any atom is 0.317 e. The normalized spacial score (nSPS) is 23.1. The van der Waals surface area contributed by atoms with Crippen molar-refractivity contribution in [1.29, 1.82) is 0 Å². The van der Waals surface area contributed by atoms with Gasteiger partial charge in [-0.25, -0.2) is 4.79 Å². The Kier molecular flexibility index (Phi) is 4.68. The molecule has 3 rings (SSSR count). The lowest BCUT2D eigenvalue weighted by Gasteiger charge is -2.29. The molecule has 2 atom stereocenters. The van der Waals surface area contributed by atoms with Crippen molar-refractivity contribution in [2.75, 3.05) is 33.4 Å². The van der Waals surface area contributed by atoms with Gasteiger partial charge in [0.05, 0.1) is 12.6 Å². The molecule has 1 N–H and O–H groups in total. The highest BCUT2D eigenvalue weighted by Crippen LogP contribution is 2.30. The van der Waals surface area contributed by atoms with Crippen molar-refractivity contribution < 1.29 is 19.0 Å². The molecule has 1 aromatic rings. The number of likely N-dealkylation sites (N-methyl/N-ethyl adjacent to an activating group) is 1. The number of hydrogen-bond acceptors (Lipinski definition) is 4. The zero-order valence-corrected chi connectivity index (χ0v) is 12.8. The van der Waals surface area contributed by atoms with Crippen LogP contribution in [0.4, 0.5) is 4.79 Å². The van der Waals surface area contributed by atoms with Gasteiger partial charge in [0.15, 0.2) is 17.6 Å². The third-order valence-corrected chi connectivity index (χ3v) is 3.90. The summed E-state index contributed by atoms with van der Waals surface area (Å²) in [6, 6.07) is 7.45. The first kappa shape index (κ1) is 15.0. The SMILES string of the molecule is CN(CC1COc2ccccc2O1)C(=O)NCC1CCCO1. The molecule has 2 amide bonds. The smallest absolute Gasteiger partial charge is 0.317 e. The second-order valence-corrected chi connectivity index (χ2v) is 5.70. The molecule has 0 aromatic heterocycles. The molecule has 2 unspecified atom stereocenters. The summed E-state index contributed by atoms with van der Waals surface area (Å²) in [6.07, 6.45) is 2.08. The highest BCUT2D eigenvalue weighted by Gasteiger charge is 2.24. The fraction of sp³-hybridized carbons (Fsp3) is 0.562. The molecule has 0 saturated carbocycles. The van der Waals surface area contributed by atoms with Crippen molar-refractivity contribution in [3.8, 4) is 11.5 Å². The fourth-order valence-corrected chi connectivity index (χ4v) is 2.68. The monoisotopic (exact) mass is 306 g/mol. The number of ether oxygens (including phenoxy) is 3. The molecule has 6 heteroatoms. The van der Waals surface area contributed by atoms with Crippen molar-refractivity contribution in [3.05, 3.63) is 24.3 Å². The van der Waals surface area contributed by atoms with Crippen LogP contribution in [0.15, 0.2) is 24.3 Å². The van der Waals surface area contributed by atoms with Gasteiger partial charge in [0.25, 0.3) is 0 Å². The number of urea groups is 1. The molecule has 0 bridgehead atoms. The van der Waals surface area contributed by atoms with Gasteiger partial charge in [-0.1, -0.05) is 12.1 Å². The zero-order valence-electron chi connectivity index (χ0n) is 12.8. The van der Waals surface area contributed by atoms with Crippen LogP contribution in [-0.2, 0) is 4.74 Å². The summed E-state index contributed by atoms with van der Waals surface area (Å²) in [5.41, 5.74) is 0. The van der Waals surface area contributed by atoms with Crippen molar-refractivity contribution in [2.24, 2.45) is 0 Å². The van der Waals surface area contributed by atoms with Gasteiger partial charge < -0.3 is 24.4 Å². The number of carbonyl (C=O) groups excluding carboxylic acids is 1. The first-order chi connectivity index (χ1) is 10.7. The number of benzene rings is 1. The second-order valence-electron chi connectivity index (χ2n) is 5.70. The van der Waals surface area contributed by atoms with Crippen molar-refractivity contribution in [3.63, 3.8) is 0 Å². The summed E-state index contributed by atoms with van der Waals surface area (Å²) in [5.74, 6) is 1.48. The Hall–Kier alpha value is -1.95. The molecule has 1 aromatic carbocycles. The minimum Gasteiger partial charge on any atom is -0.486 e. The van der Waals surface area contributed by atoms with E-state index in [2.05, 4.69) is 5.32 Å². The van der Waals surface area contributed by atoms with Crippen LogP contribution in [0.3, 0.4) is 0 Å². The number of rotatable bonds is 4. The van der Waals surface area contributed by atoms with E-state index in [4.69, 9.17) is 14.2 Å². The number of hydrogen-bond donors (Lipinski definition) is 1. The maximum atomic E-state index is 12.1. The van der Waals surface area contributed by atoms with Crippen LogP contribution in [0.2, 0.25) is 0 Å². The Morgan fingerprint density at radius 1 is 1.32 bits per heavy atom. The van der Waals surface area contributed by atoms with Crippen molar-refractivity contribution in [1.82, 2.24) is 10.2 Å². The van der Waals surface area contributed by atoms with Gasteiger partial charge in [-0.2, -0.15) is 0 Å². The molecule has 6 nitrogen and oxygen atoms in total. The number of amides is 2. The first-order valence-electron chi connectivity index (χ1n) is 7.71. The summed E-state index contributed by atoms with van der Waals surface area (Å²) < 4.78 is 17.0. The molecule has 2 aliphatic rings. The van der Waals surface area contributed by atoms with Gasteiger partial charge in [-0.3, -0.25) is 0 Å². The molecule has 1 saturated heterocycles. The van der Waals surface area contributed by atoms with E-state index in [9.17, 15) is 4.79 Å². The predicted molar refractivity (Wildman–Crippen MR) is 81.4 cm³/mol. The zero-order chi connectivity index (χ0) is 15.4. The third kappa shape index (κ3) is 3.62. The Balaban J connectivity index is 1.45.